The van der Waals surface area contributed by atoms with Gasteiger partial charge in [-0.05, 0) is 24.1 Å². The van der Waals surface area contributed by atoms with E-state index in [0.717, 1.165) is 35.2 Å². The summed E-state index contributed by atoms with van der Waals surface area (Å²) in [5, 5.41) is 12.1. The number of halogens is 1. The van der Waals surface area contributed by atoms with Crippen LogP contribution in [0.15, 0.2) is 30.6 Å². The first kappa shape index (κ1) is 19.7. The lowest BCUT2D eigenvalue weighted by molar-refractivity contribution is -0.129. The first-order valence-corrected chi connectivity index (χ1v) is 10.5. The molecular formula is C22H25FN6O2. The van der Waals surface area contributed by atoms with Crippen LogP contribution in [0.1, 0.15) is 30.6 Å². The molecule has 2 aromatic heterocycles. The summed E-state index contributed by atoms with van der Waals surface area (Å²) in [6.07, 6.45) is 5.18. The normalized spacial score (nSPS) is 18.3. The number of aromatic nitrogens is 4. The lowest BCUT2D eigenvalue weighted by atomic mass is 10.1. The molecule has 0 radical (unpaired) electrons. The molecule has 5 rings (SSSR count). The highest BCUT2D eigenvalue weighted by molar-refractivity contribution is 5.74. The Morgan fingerprint density at radius 1 is 1.32 bits per heavy atom. The zero-order valence-electron chi connectivity index (χ0n) is 17.6. The molecule has 8 nitrogen and oxygen atoms in total. The molecule has 0 spiro atoms. The van der Waals surface area contributed by atoms with Gasteiger partial charge in [0.15, 0.2) is 5.82 Å². The molecule has 3 aromatic rings. The molecule has 4 heterocycles. The monoisotopic (exact) mass is 424 g/mol. The number of nitrogens with zero attached hydrogens (tertiary/aromatic N) is 5. The Morgan fingerprint density at radius 3 is 2.87 bits per heavy atom. The van der Waals surface area contributed by atoms with Crippen molar-refractivity contribution in [2.45, 2.75) is 32.4 Å². The Morgan fingerprint density at radius 2 is 2.19 bits per heavy atom. The maximum Gasteiger partial charge on any atom is 0.219 e. The van der Waals surface area contributed by atoms with Crippen molar-refractivity contribution in [3.63, 3.8) is 0 Å². The summed E-state index contributed by atoms with van der Waals surface area (Å²) in [5.74, 6) is 0.259. The van der Waals surface area contributed by atoms with Crippen molar-refractivity contribution in [1.82, 2.24) is 24.5 Å². The summed E-state index contributed by atoms with van der Waals surface area (Å²) in [5.41, 5.74) is 4.01. The first-order chi connectivity index (χ1) is 15.0. The number of hydrogen-bond donors (Lipinski definition) is 1. The number of carbonyl (C=O) groups is 1. The molecule has 1 saturated heterocycles. The van der Waals surface area contributed by atoms with E-state index in [2.05, 4.69) is 10.4 Å². The van der Waals surface area contributed by atoms with Crippen molar-refractivity contribution < 1.29 is 13.9 Å². The molecule has 2 aliphatic heterocycles. The molecular weight excluding hydrogens is 399 g/mol. The highest BCUT2D eigenvalue weighted by Crippen LogP contribution is 2.33. The van der Waals surface area contributed by atoms with Gasteiger partial charge in [0.05, 0.1) is 31.1 Å². The maximum absolute atomic E-state index is 15.0. The van der Waals surface area contributed by atoms with E-state index in [1.54, 1.807) is 28.8 Å². The SMILES string of the molecule is CC(=O)N1CCc2c(c(Nc3ccc(-c4cnn(C)c4)cc3F)nn2C2CCOC2)C1. The van der Waals surface area contributed by atoms with Crippen molar-refractivity contribution in [1.29, 1.82) is 0 Å². The van der Waals surface area contributed by atoms with E-state index in [4.69, 9.17) is 9.84 Å². The third-order valence-electron chi connectivity index (χ3n) is 6.04. The van der Waals surface area contributed by atoms with Gasteiger partial charge in [-0.1, -0.05) is 6.07 Å². The summed E-state index contributed by atoms with van der Waals surface area (Å²) in [7, 11) is 1.83. The minimum atomic E-state index is -0.368. The van der Waals surface area contributed by atoms with E-state index in [-0.39, 0.29) is 17.8 Å². The molecule has 0 saturated carbocycles. The molecule has 1 amide bonds. The number of rotatable bonds is 4. The van der Waals surface area contributed by atoms with E-state index in [1.807, 2.05) is 24.0 Å². The predicted molar refractivity (Wildman–Crippen MR) is 113 cm³/mol. The predicted octanol–water partition coefficient (Wildman–Crippen LogP) is 3.03. The lowest BCUT2D eigenvalue weighted by Gasteiger charge is -2.27. The van der Waals surface area contributed by atoms with Gasteiger partial charge in [-0.25, -0.2) is 4.39 Å². The van der Waals surface area contributed by atoms with Crippen LogP contribution in [0, 0.1) is 5.82 Å². The lowest BCUT2D eigenvalue weighted by Crippen LogP contribution is -2.35. The van der Waals surface area contributed by atoms with Gasteiger partial charge in [0, 0.05) is 56.6 Å². The topological polar surface area (TPSA) is 77.2 Å². The molecule has 1 unspecified atom stereocenters. The van der Waals surface area contributed by atoms with Gasteiger partial charge in [-0.2, -0.15) is 10.2 Å². The average Bonchev–Trinajstić information content (AvgIpc) is 3.49. The Balaban J connectivity index is 1.48. The number of fused-ring (bicyclic) bond motifs is 1. The smallest absolute Gasteiger partial charge is 0.219 e. The van der Waals surface area contributed by atoms with Crippen LogP contribution in [0.2, 0.25) is 0 Å². The molecule has 1 N–H and O–H groups in total. The summed E-state index contributed by atoms with van der Waals surface area (Å²) >= 11 is 0. The molecule has 0 aliphatic carbocycles. The number of carbonyl (C=O) groups excluding carboxylic acids is 1. The Hall–Kier alpha value is -3.20. The third kappa shape index (κ3) is 3.69. The molecule has 1 aromatic carbocycles. The number of anilines is 2. The first-order valence-electron chi connectivity index (χ1n) is 10.5. The van der Waals surface area contributed by atoms with Crippen LogP contribution in [-0.2, 0) is 29.5 Å². The Kier molecular flexibility index (Phi) is 4.97. The number of nitrogens with one attached hydrogen (secondary N) is 1. The van der Waals surface area contributed by atoms with Crippen LogP contribution < -0.4 is 5.32 Å². The van der Waals surface area contributed by atoms with Crippen LogP contribution in [0.4, 0.5) is 15.9 Å². The molecule has 1 fully saturated rings. The quantitative estimate of drug-likeness (QED) is 0.697. The summed E-state index contributed by atoms with van der Waals surface area (Å²) in [6, 6.07) is 5.24. The standard InChI is InChI=1S/C22H25FN6O2/c1-14(30)28-7-5-21-18(12-28)22(26-29(21)17-6-8-31-13-17)25-20-4-3-15(9-19(20)23)16-10-24-27(2)11-16/h3-4,9-11,17H,5-8,12-13H2,1-2H3,(H,25,26). The van der Waals surface area contributed by atoms with Crippen molar-refractivity contribution in [3.8, 4) is 11.1 Å². The van der Waals surface area contributed by atoms with Crippen LogP contribution >= 0.6 is 0 Å². The van der Waals surface area contributed by atoms with E-state index >= 15 is 0 Å². The zero-order chi connectivity index (χ0) is 21.5. The van der Waals surface area contributed by atoms with Crippen LogP contribution in [0.5, 0.6) is 0 Å². The number of aryl methyl sites for hydroxylation is 1. The van der Waals surface area contributed by atoms with Crippen molar-refractivity contribution in [2.75, 3.05) is 25.1 Å². The summed E-state index contributed by atoms with van der Waals surface area (Å²) < 4.78 is 24.2. The number of benzene rings is 1. The Labute approximate surface area is 179 Å². The van der Waals surface area contributed by atoms with E-state index in [1.165, 1.54) is 6.07 Å². The summed E-state index contributed by atoms with van der Waals surface area (Å²) in [6.45, 7) is 4.04. The second-order valence-corrected chi connectivity index (χ2v) is 8.15. The Bertz CT molecular complexity index is 1130. The largest absolute Gasteiger partial charge is 0.379 e. The van der Waals surface area contributed by atoms with Gasteiger partial charge in [0.1, 0.15) is 5.82 Å². The minimum Gasteiger partial charge on any atom is -0.379 e. The maximum atomic E-state index is 15.0. The molecule has 1 atom stereocenters. The molecule has 9 heteroatoms. The second kappa shape index (κ2) is 7.81. The fourth-order valence-corrected chi connectivity index (χ4v) is 4.33. The van der Waals surface area contributed by atoms with E-state index in [9.17, 15) is 9.18 Å². The van der Waals surface area contributed by atoms with Crippen molar-refractivity contribution in [3.05, 3.63) is 47.7 Å². The fraction of sp³-hybridized carbons (Fsp3) is 0.409. The number of hydrogen-bond acceptors (Lipinski definition) is 5. The van der Waals surface area contributed by atoms with Gasteiger partial charge in [-0.3, -0.25) is 14.2 Å². The zero-order valence-corrected chi connectivity index (χ0v) is 17.6. The molecule has 162 valence electrons. The van der Waals surface area contributed by atoms with Gasteiger partial charge in [0.25, 0.3) is 0 Å². The van der Waals surface area contributed by atoms with Gasteiger partial charge < -0.3 is 15.0 Å². The average molecular weight is 424 g/mol. The van der Waals surface area contributed by atoms with Crippen molar-refractivity contribution in [2.24, 2.45) is 7.05 Å². The van der Waals surface area contributed by atoms with Crippen LogP contribution in [-0.4, -0.2) is 50.1 Å². The van der Waals surface area contributed by atoms with Gasteiger partial charge in [0.2, 0.25) is 5.91 Å². The number of ether oxygens (including phenoxy) is 1. The van der Waals surface area contributed by atoms with Crippen LogP contribution in [0.25, 0.3) is 11.1 Å². The second-order valence-electron chi connectivity index (χ2n) is 8.15. The van der Waals surface area contributed by atoms with Gasteiger partial charge >= 0.3 is 0 Å². The third-order valence-corrected chi connectivity index (χ3v) is 6.04. The van der Waals surface area contributed by atoms with Gasteiger partial charge in [-0.15, -0.1) is 0 Å². The molecule has 0 bridgehead atoms. The van der Waals surface area contributed by atoms with E-state index in [0.29, 0.717) is 37.8 Å². The molecule has 31 heavy (non-hydrogen) atoms. The molecule has 2 aliphatic rings. The summed E-state index contributed by atoms with van der Waals surface area (Å²) in [4.78, 5) is 13.8. The minimum absolute atomic E-state index is 0.0283. The van der Waals surface area contributed by atoms with Crippen LogP contribution in [0.3, 0.4) is 0 Å². The fourth-order valence-electron chi connectivity index (χ4n) is 4.33. The van der Waals surface area contributed by atoms with E-state index < -0.39 is 0 Å². The van der Waals surface area contributed by atoms with Crippen molar-refractivity contribution >= 4 is 17.4 Å². The highest BCUT2D eigenvalue weighted by Gasteiger charge is 2.30. The highest BCUT2D eigenvalue weighted by atomic mass is 19.1. The number of amides is 1.